The van der Waals surface area contributed by atoms with Gasteiger partial charge in [-0.2, -0.15) is 0 Å². The monoisotopic (exact) mass is 354 g/mol. The predicted octanol–water partition coefficient (Wildman–Crippen LogP) is 3.47. The maximum atomic E-state index is 13.5. The largest absolute Gasteiger partial charge is 0.350 e. The van der Waals surface area contributed by atoms with Crippen LogP contribution in [-0.2, 0) is 6.42 Å². The second-order valence-electron chi connectivity index (χ2n) is 5.52. The minimum Gasteiger partial charge on any atom is -0.350 e. The van der Waals surface area contributed by atoms with Gasteiger partial charge in [0.1, 0.15) is 23.1 Å². The molecule has 0 spiro atoms. The fourth-order valence-electron chi connectivity index (χ4n) is 2.33. The second-order valence-corrected chi connectivity index (χ2v) is 5.52. The lowest BCUT2D eigenvalue weighted by molar-refractivity contribution is 0.0948. The van der Waals surface area contributed by atoms with Gasteiger partial charge >= 0.3 is 0 Å². The van der Waals surface area contributed by atoms with Crippen LogP contribution in [0.4, 0.5) is 20.3 Å². The van der Waals surface area contributed by atoms with Gasteiger partial charge in [0.25, 0.3) is 5.91 Å². The van der Waals surface area contributed by atoms with E-state index in [1.807, 2.05) is 0 Å². The number of carbonyl (C=O) groups is 1. The number of halogens is 2. The maximum Gasteiger partial charge on any atom is 0.271 e. The minimum atomic E-state index is -0.397. The SMILES string of the molecule is O=C(NCCc1ccccc1F)c1cnc(Nc2cccc(F)c2)cn1. The summed E-state index contributed by atoms with van der Waals surface area (Å²) in [6, 6.07) is 12.3. The Morgan fingerprint density at radius 2 is 1.85 bits per heavy atom. The molecule has 0 saturated carbocycles. The molecule has 2 aromatic carbocycles. The summed E-state index contributed by atoms with van der Waals surface area (Å²) in [4.78, 5) is 20.2. The molecular weight excluding hydrogens is 338 g/mol. The first kappa shape index (κ1) is 17.5. The normalized spacial score (nSPS) is 10.4. The van der Waals surface area contributed by atoms with Crippen molar-refractivity contribution in [3.8, 4) is 0 Å². The Balaban J connectivity index is 1.54. The van der Waals surface area contributed by atoms with Crippen LogP contribution in [0.5, 0.6) is 0 Å². The molecule has 0 fully saturated rings. The van der Waals surface area contributed by atoms with Gasteiger partial charge in [0.05, 0.1) is 12.4 Å². The van der Waals surface area contributed by atoms with Crippen molar-refractivity contribution in [2.75, 3.05) is 11.9 Å². The Morgan fingerprint density at radius 1 is 1.00 bits per heavy atom. The van der Waals surface area contributed by atoms with Crippen molar-refractivity contribution in [3.63, 3.8) is 0 Å². The van der Waals surface area contributed by atoms with Crippen LogP contribution >= 0.6 is 0 Å². The zero-order valence-corrected chi connectivity index (χ0v) is 13.7. The average Bonchev–Trinajstić information content (AvgIpc) is 2.64. The average molecular weight is 354 g/mol. The highest BCUT2D eigenvalue weighted by Crippen LogP contribution is 2.14. The number of rotatable bonds is 6. The molecule has 0 bridgehead atoms. The number of aromatic nitrogens is 2. The van der Waals surface area contributed by atoms with Gasteiger partial charge in [-0.15, -0.1) is 0 Å². The third-order valence-corrected chi connectivity index (χ3v) is 3.62. The van der Waals surface area contributed by atoms with Crippen LogP contribution in [0.25, 0.3) is 0 Å². The van der Waals surface area contributed by atoms with E-state index in [0.717, 1.165) is 0 Å². The van der Waals surface area contributed by atoms with Crippen molar-refractivity contribution in [3.05, 3.63) is 83.8 Å². The maximum absolute atomic E-state index is 13.5. The molecule has 132 valence electrons. The van der Waals surface area contributed by atoms with E-state index in [9.17, 15) is 13.6 Å². The van der Waals surface area contributed by atoms with Crippen molar-refractivity contribution in [1.82, 2.24) is 15.3 Å². The molecule has 0 radical (unpaired) electrons. The lowest BCUT2D eigenvalue weighted by Crippen LogP contribution is -2.26. The quantitative estimate of drug-likeness (QED) is 0.711. The van der Waals surface area contributed by atoms with Crippen LogP contribution in [0.3, 0.4) is 0 Å². The number of carbonyl (C=O) groups excluding carboxylic acids is 1. The van der Waals surface area contributed by atoms with Crippen molar-refractivity contribution in [2.45, 2.75) is 6.42 Å². The van der Waals surface area contributed by atoms with Gasteiger partial charge in [-0.25, -0.2) is 18.7 Å². The fraction of sp³-hybridized carbons (Fsp3) is 0.105. The van der Waals surface area contributed by atoms with Gasteiger partial charge in [0.2, 0.25) is 0 Å². The van der Waals surface area contributed by atoms with Crippen LogP contribution in [-0.4, -0.2) is 22.4 Å². The summed E-state index contributed by atoms with van der Waals surface area (Å²) in [5, 5.41) is 5.57. The van der Waals surface area contributed by atoms with E-state index in [1.165, 1.54) is 30.6 Å². The first-order chi connectivity index (χ1) is 12.6. The highest BCUT2D eigenvalue weighted by atomic mass is 19.1. The van der Waals surface area contributed by atoms with Crippen molar-refractivity contribution < 1.29 is 13.6 Å². The Kier molecular flexibility index (Phi) is 5.48. The van der Waals surface area contributed by atoms with Crippen molar-refractivity contribution in [2.24, 2.45) is 0 Å². The molecule has 0 saturated heterocycles. The summed E-state index contributed by atoms with van der Waals surface area (Å²) in [7, 11) is 0. The molecule has 0 aliphatic heterocycles. The number of hydrogen-bond donors (Lipinski definition) is 2. The number of nitrogens with zero attached hydrogens (tertiary/aromatic N) is 2. The first-order valence-corrected chi connectivity index (χ1v) is 7.98. The van der Waals surface area contributed by atoms with E-state index in [4.69, 9.17) is 0 Å². The van der Waals surface area contributed by atoms with Crippen LogP contribution < -0.4 is 10.6 Å². The van der Waals surface area contributed by atoms with E-state index in [2.05, 4.69) is 20.6 Å². The van der Waals surface area contributed by atoms with Gasteiger partial charge in [-0.3, -0.25) is 4.79 Å². The molecule has 0 atom stereocenters. The number of anilines is 2. The molecule has 0 unspecified atom stereocenters. The van der Waals surface area contributed by atoms with E-state index < -0.39 is 5.91 Å². The smallest absolute Gasteiger partial charge is 0.271 e. The van der Waals surface area contributed by atoms with E-state index in [-0.39, 0.29) is 23.9 Å². The summed E-state index contributed by atoms with van der Waals surface area (Å²) in [6.45, 7) is 0.282. The fourth-order valence-corrected chi connectivity index (χ4v) is 2.33. The molecule has 5 nitrogen and oxygen atoms in total. The number of nitrogens with one attached hydrogen (secondary N) is 2. The summed E-state index contributed by atoms with van der Waals surface area (Å²) < 4.78 is 26.7. The Morgan fingerprint density at radius 3 is 2.58 bits per heavy atom. The van der Waals surface area contributed by atoms with E-state index in [0.29, 0.717) is 23.5 Å². The zero-order chi connectivity index (χ0) is 18.4. The Hall–Kier alpha value is -3.35. The molecule has 0 aliphatic rings. The van der Waals surface area contributed by atoms with Gasteiger partial charge in [-0.05, 0) is 36.2 Å². The van der Waals surface area contributed by atoms with Gasteiger partial charge in [0.15, 0.2) is 0 Å². The van der Waals surface area contributed by atoms with Crippen molar-refractivity contribution >= 4 is 17.4 Å². The lowest BCUT2D eigenvalue weighted by Gasteiger charge is -2.07. The third-order valence-electron chi connectivity index (χ3n) is 3.62. The Labute approximate surface area is 149 Å². The Bertz CT molecular complexity index is 900. The molecule has 2 N–H and O–H groups in total. The molecule has 0 aliphatic carbocycles. The lowest BCUT2D eigenvalue weighted by atomic mass is 10.1. The van der Waals surface area contributed by atoms with Gasteiger partial charge in [0, 0.05) is 12.2 Å². The molecular formula is C19H16F2N4O. The molecule has 3 aromatic rings. The first-order valence-electron chi connectivity index (χ1n) is 7.98. The molecule has 1 heterocycles. The standard InChI is InChI=1S/C19H16F2N4O/c20-14-5-3-6-15(10-14)25-18-12-23-17(11-24-18)19(26)22-9-8-13-4-1-2-7-16(13)21/h1-7,10-12H,8-9H2,(H,22,26)(H,24,25). The number of benzene rings is 2. The molecule has 26 heavy (non-hydrogen) atoms. The number of hydrogen-bond acceptors (Lipinski definition) is 4. The van der Waals surface area contributed by atoms with Gasteiger partial charge < -0.3 is 10.6 Å². The molecule has 7 heteroatoms. The van der Waals surface area contributed by atoms with E-state index in [1.54, 1.807) is 30.3 Å². The zero-order valence-electron chi connectivity index (χ0n) is 13.7. The van der Waals surface area contributed by atoms with Crippen molar-refractivity contribution in [1.29, 1.82) is 0 Å². The summed E-state index contributed by atoms with van der Waals surface area (Å²) >= 11 is 0. The topological polar surface area (TPSA) is 66.9 Å². The molecule has 3 rings (SSSR count). The summed E-state index contributed by atoms with van der Waals surface area (Å²) in [5.74, 6) is -0.673. The van der Waals surface area contributed by atoms with E-state index >= 15 is 0 Å². The number of amides is 1. The van der Waals surface area contributed by atoms with Gasteiger partial charge in [-0.1, -0.05) is 24.3 Å². The summed E-state index contributed by atoms with van der Waals surface area (Å²) in [6.07, 6.45) is 3.09. The minimum absolute atomic E-state index is 0.142. The second kappa shape index (κ2) is 8.15. The molecule has 1 amide bonds. The highest BCUT2D eigenvalue weighted by molar-refractivity contribution is 5.92. The van der Waals surface area contributed by atoms with Crippen LogP contribution in [0.15, 0.2) is 60.9 Å². The molecule has 1 aromatic heterocycles. The van der Waals surface area contributed by atoms with Crippen LogP contribution in [0.2, 0.25) is 0 Å². The van der Waals surface area contributed by atoms with Crippen LogP contribution in [0, 0.1) is 11.6 Å². The summed E-state index contributed by atoms with van der Waals surface area (Å²) in [5.41, 5.74) is 1.21. The van der Waals surface area contributed by atoms with Crippen LogP contribution in [0.1, 0.15) is 16.1 Å². The highest BCUT2D eigenvalue weighted by Gasteiger charge is 2.08. The third kappa shape index (κ3) is 4.60. The predicted molar refractivity (Wildman–Crippen MR) is 94.2 cm³/mol.